The minimum atomic E-state index is -0.674. The van der Waals surface area contributed by atoms with Gasteiger partial charge in [0, 0.05) is 33.6 Å². The van der Waals surface area contributed by atoms with Gasteiger partial charge in [0.25, 0.3) is 0 Å². The molecule has 0 fully saturated rings. The van der Waals surface area contributed by atoms with Crippen LogP contribution in [0.15, 0.2) is 0 Å². The summed E-state index contributed by atoms with van der Waals surface area (Å²) >= 11 is 0. The van der Waals surface area contributed by atoms with Gasteiger partial charge < -0.3 is 12.3 Å². The van der Waals surface area contributed by atoms with E-state index in [4.69, 9.17) is 34.3 Å². The van der Waals surface area contributed by atoms with Crippen LogP contribution in [0.2, 0.25) is 0 Å². The Balaban J connectivity index is -0.0000000223. The van der Waals surface area contributed by atoms with Crippen LogP contribution in [0.5, 0.6) is 0 Å². The van der Waals surface area contributed by atoms with Crippen molar-refractivity contribution in [2.75, 3.05) is 0 Å². The van der Waals surface area contributed by atoms with E-state index in [-0.39, 0.29) is 45.1 Å². The van der Waals surface area contributed by atoms with Crippen LogP contribution in [-0.4, -0.2) is 11.6 Å². The average molecular weight is 437 g/mol. The Bertz CT molecular complexity index is 378. The number of hydrogen-bond acceptors (Lipinski definition) is 2. The van der Waals surface area contributed by atoms with Crippen molar-refractivity contribution in [3.8, 4) is 5.92 Å². The van der Waals surface area contributed by atoms with E-state index in [9.17, 15) is 9.59 Å². The Labute approximate surface area is 167 Å². The predicted octanol–water partition coefficient (Wildman–Crippen LogP) is 0.776. The van der Waals surface area contributed by atoms with Gasteiger partial charge in [0.15, 0.2) is 0 Å². The van der Waals surface area contributed by atoms with Crippen LogP contribution in [-0.2, 0) is 71.1 Å². The molecule has 0 bridgehead atoms. The second kappa shape index (κ2) is 79.1. The summed E-state index contributed by atoms with van der Waals surface area (Å²) in [5.41, 5.74) is 0. The monoisotopic (exact) mass is 437 g/mol. The second-order valence-electron chi connectivity index (χ2n) is 2.63. The molecule has 0 aliphatic heterocycles. The molecule has 0 saturated carbocycles. The normalized spacial score (nSPS) is 5.88. The Morgan fingerprint density at radius 3 is 0.880 bits per heavy atom. The first-order chi connectivity index (χ1) is 11.0. The molecule has 0 amide bonds. The van der Waals surface area contributed by atoms with Crippen molar-refractivity contribution in [2.24, 2.45) is 11.8 Å². The maximum Gasteiger partial charge on any atom is 0 e. The van der Waals surface area contributed by atoms with Crippen molar-refractivity contribution in [3.05, 3.63) is 46.3 Å². The minimum Gasteiger partial charge on any atom is 0 e. The van der Waals surface area contributed by atoms with Crippen molar-refractivity contribution < 1.29 is 71.1 Å². The largest absolute Gasteiger partial charge is 0 e. The Hall–Kier alpha value is -1.65. The fraction of sp³-hybridized carbons (Fsp3) is 0.333. The molecule has 0 aromatic carbocycles. The number of rotatable bonds is 3. The summed E-state index contributed by atoms with van der Waals surface area (Å²) in [6.45, 7) is 31.4. The van der Waals surface area contributed by atoms with Gasteiger partial charge in [-0.3, -0.25) is 9.59 Å². The van der Waals surface area contributed by atoms with Crippen molar-refractivity contribution in [1.29, 1.82) is 0 Å². The minimum absolute atomic E-state index is 0. The summed E-state index contributed by atoms with van der Waals surface area (Å²) in [6, 6.07) is 0. The van der Waals surface area contributed by atoms with E-state index < -0.39 is 11.8 Å². The van der Waals surface area contributed by atoms with Gasteiger partial charge in [-0.25, -0.2) is 0 Å². The Kier molecular flexibility index (Phi) is 179. The van der Waals surface area contributed by atoms with Crippen LogP contribution in [0.1, 0.15) is 20.8 Å². The van der Waals surface area contributed by atoms with E-state index in [0.29, 0.717) is 0 Å². The number of ketones is 2. The summed E-state index contributed by atoms with van der Waals surface area (Å²) in [5, 5.41) is 0. The predicted molar refractivity (Wildman–Crippen MR) is 64.7 cm³/mol. The number of Topliss-reactive ketones (excluding diaryl/α,β-unsaturated/α-hetero) is 2. The van der Waals surface area contributed by atoms with Crippen LogP contribution >= 0.6 is 0 Å². The topological polar surface area (TPSA) is 154 Å². The molecule has 1 unspecified atom stereocenters. The second-order valence-corrected chi connectivity index (χ2v) is 2.63. The molecule has 2 radical (unpaired) electrons. The number of carbonyl (C=O) groups excluding carboxylic acids is 2. The zero-order chi connectivity index (χ0) is 21.0. The number of hydrogen-bond donors (Lipinski definition) is 0. The molecular formula is C15H11Co2O8-. The Morgan fingerprint density at radius 2 is 0.840 bits per heavy atom. The third-order valence-corrected chi connectivity index (χ3v) is 1.60. The standard InChI is InChI=1S/C9H11O2.6CO.2Co/c1-5-6(2)9(7(3)10)8(4)11;6*1-2;;/h6,9H,2-4H3;;;;;;;;/q-1;;;;;;;;. The molecule has 25 heavy (non-hydrogen) atoms. The van der Waals surface area contributed by atoms with E-state index in [0.717, 1.165) is 0 Å². The van der Waals surface area contributed by atoms with Gasteiger partial charge >= 0.3 is 67.8 Å². The van der Waals surface area contributed by atoms with Crippen molar-refractivity contribution in [1.82, 2.24) is 0 Å². The molecule has 0 spiro atoms. The molecule has 0 aromatic rings. The van der Waals surface area contributed by atoms with Crippen LogP contribution in [0.3, 0.4) is 0 Å². The maximum atomic E-state index is 10.8. The molecule has 1 atom stereocenters. The quantitative estimate of drug-likeness (QED) is 0.277. The molecule has 0 aromatic heterocycles. The molecule has 0 rings (SSSR count). The first-order valence-corrected chi connectivity index (χ1v) is 4.66. The van der Waals surface area contributed by atoms with Gasteiger partial charge in [0.05, 0.1) is 5.92 Å². The zero-order valence-electron chi connectivity index (χ0n) is 13.1. The first-order valence-electron chi connectivity index (χ1n) is 4.66. The zero-order valence-corrected chi connectivity index (χ0v) is 15.2. The maximum absolute atomic E-state index is 10.8. The van der Waals surface area contributed by atoms with E-state index in [2.05, 4.69) is 45.8 Å². The molecule has 10 heteroatoms. The first kappa shape index (κ1) is 56.6. The molecule has 0 heterocycles. The van der Waals surface area contributed by atoms with Gasteiger partial charge in [-0.1, -0.05) is 6.92 Å². The molecule has 0 aliphatic carbocycles. The summed E-state index contributed by atoms with van der Waals surface area (Å²) in [7, 11) is 0. The van der Waals surface area contributed by atoms with Crippen molar-refractivity contribution in [3.63, 3.8) is 0 Å². The van der Waals surface area contributed by atoms with Crippen molar-refractivity contribution in [2.45, 2.75) is 20.8 Å². The SMILES string of the molecule is [C-]#CC(C)C(C(C)=O)C(C)=O.[C-]#[O+].[C-]#[O+].[C-]#[O+].[C-]#[O+].[C-]#[O+].[C-]#[O+].[Co].[Co]. The van der Waals surface area contributed by atoms with E-state index in [1.165, 1.54) is 13.8 Å². The summed E-state index contributed by atoms with van der Waals surface area (Å²) in [4.78, 5) is 21.7. The summed E-state index contributed by atoms with van der Waals surface area (Å²) in [5.74, 6) is 0.684. The average Bonchev–Trinajstić information content (AvgIpc) is 2.64. The molecule has 8 nitrogen and oxygen atoms in total. The van der Waals surface area contributed by atoms with Crippen LogP contribution < -0.4 is 0 Å². The van der Waals surface area contributed by atoms with E-state index >= 15 is 0 Å². The fourth-order valence-electron chi connectivity index (χ4n) is 1.07. The smallest absolute Gasteiger partial charge is 0 e. The third-order valence-electron chi connectivity index (χ3n) is 1.60. The third kappa shape index (κ3) is 60.7. The fourth-order valence-corrected chi connectivity index (χ4v) is 1.07. The molecule has 0 saturated heterocycles. The molecule has 0 aliphatic rings. The molecule has 0 N–H and O–H groups in total. The molecular weight excluding hydrogens is 426 g/mol. The van der Waals surface area contributed by atoms with Crippen LogP contribution in [0, 0.1) is 64.1 Å². The van der Waals surface area contributed by atoms with Gasteiger partial charge in [0.2, 0.25) is 0 Å². The van der Waals surface area contributed by atoms with Crippen molar-refractivity contribution >= 4 is 11.6 Å². The van der Waals surface area contributed by atoms with Gasteiger partial charge in [-0.05, 0) is 19.8 Å². The van der Waals surface area contributed by atoms with Gasteiger partial charge in [-0.2, -0.15) is 0 Å². The van der Waals surface area contributed by atoms with E-state index in [1.807, 2.05) is 0 Å². The van der Waals surface area contributed by atoms with E-state index in [1.54, 1.807) is 6.92 Å². The summed E-state index contributed by atoms with van der Waals surface area (Å²) in [6.07, 6.45) is 6.77. The summed E-state index contributed by atoms with van der Waals surface area (Å²) < 4.78 is 45.0. The van der Waals surface area contributed by atoms with Crippen LogP contribution in [0.4, 0.5) is 0 Å². The van der Waals surface area contributed by atoms with Gasteiger partial charge in [-0.15, -0.1) is 0 Å². The molecule has 138 valence electrons. The van der Waals surface area contributed by atoms with Crippen LogP contribution in [0.25, 0.3) is 0 Å². The number of carbonyl (C=O) groups is 2. The Morgan fingerprint density at radius 1 is 0.680 bits per heavy atom. The van der Waals surface area contributed by atoms with Gasteiger partial charge in [0.1, 0.15) is 11.6 Å².